The quantitative estimate of drug-likeness (QED) is 0.779. The van der Waals surface area contributed by atoms with Gasteiger partial charge in [-0.25, -0.2) is 0 Å². The third-order valence-corrected chi connectivity index (χ3v) is 3.87. The number of pyridine rings is 1. The molecule has 2 rings (SSSR count). The van der Waals surface area contributed by atoms with Gasteiger partial charge in [0.15, 0.2) is 0 Å². The molecule has 5 nitrogen and oxygen atoms in total. The Morgan fingerprint density at radius 2 is 2.48 bits per heavy atom. The summed E-state index contributed by atoms with van der Waals surface area (Å²) in [5.74, 6) is 0.912. The van der Waals surface area contributed by atoms with E-state index in [1.165, 1.54) is 0 Å². The molecule has 1 aromatic rings. The van der Waals surface area contributed by atoms with Crippen molar-refractivity contribution < 1.29 is 9.53 Å². The maximum atomic E-state index is 12.1. The number of unbranched alkanes of at least 4 members (excludes halogenated alkanes) is 1. The first kappa shape index (κ1) is 15.8. The second-order valence-electron chi connectivity index (χ2n) is 5.53. The van der Waals surface area contributed by atoms with Crippen LogP contribution in [0.2, 0.25) is 0 Å². The van der Waals surface area contributed by atoms with Gasteiger partial charge in [0.2, 0.25) is 5.91 Å². The minimum Gasteiger partial charge on any atom is -0.487 e. The summed E-state index contributed by atoms with van der Waals surface area (Å²) in [4.78, 5) is 18.3. The first-order valence-corrected chi connectivity index (χ1v) is 7.79. The van der Waals surface area contributed by atoms with Crippen molar-refractivity contribution in [1.82, 2.24) is 15.2 Å². The van der Waals surface area contributed by atoms with Gasteiger partial charge in [-0.15, -0.1) is 0 Å². The number of amides is 1. The van der Waals surface area contributed by atoms with Crippen LogP contribution in [-0.4, -0.2) is 47.6 Å². The third-order valence-electron chi connectivity index (χ3n) is 3.87. The molecule has 2 atom stereocenters. The summed E-state index contributed by atoms with van der Waals surface area (Å²) >= 11 is 0. The van der Waals surface area contributed by atoms with Crippen molar-refractivity contribution in [2.45, 2.75) is 45.3 Å². The molecule has 0 radical (unpaired) electrons. The zero-order valence-corrected chi connectivity index (χ0v) is 12.9. The standard InChI is InChI=1S/C16H25N3O2/c1-3-4-9-18-16(20)13(2)19-10-7-15(12-19)21-14-6-5-8-17-11-14/h5-6,8,11,13,15H,3-4,7,9-10,12H2,1-2H3,(H,18,20)/t13-,15-/m0/s1. The highest BCUT2D eigenvalue weighted by molar-refractivity contribution is 5.81. The molecule has 0 spiro atoms. The van der Waals surface area contributed by atoms with Crippen molar-refractivity contribution in [3.05, 3.63) is 24.5 Å². The summed E-state index contributed by atoms with van der Waals surface area (Å²) in [7, 11) is 0. The Bertz CT molecular complexity index is 438. The van der Waals surface area contributed by atoms with Crippen molar-refractivity contribution in [3.8, 4) is 5.75 Å². The van der Waals surface area contributed by atoms with Gasteiger partial charge in [-0.1, -0.05) is 13.3 Å². The number of nitrogens with one attached hydrogen (secondary N) is 1. The Morgan fingerprint density at radius 1 is 1.62 bits per heavy atom. The van der Waals surface area contributed by atoms with Gasteiger partial charge in [-0.2, -0.15) is 0 Å². The topological polar surface area (TPSA) is 54.5 Å². The van der Waals surface area contributed by atoms with Gasteiger partial charge in [0.1, 0.15) is 11.9 Å². The molecule has 1 fully saturated rings. The molecule has 5 heteroatoms. The Morgan fingerprint density at radius 3 is 3.19 bits per heavy atom. The van der Waals surface area contributed by atoms with Crippen LogP contribution < -0.4 is 10.1 Å². The van der Waals surface area contributed by atoms with Crippen LogP contribution in [0.4, 0.5) is 0 Å². The Labute approximate surface area is 126 Å². The molecular formula is C16H25N3O2. The zero-order valence-electron chi connectivity index (χ0n) is 12.9. The molecule has 2 heterocycles. The number of ether oxygens (including phenoxy) is 1. The summed E-state index contributed by atoms with van der Waals surface area (Å²) < 4.78 is 5.90. The van der Waals surface area contributed by atoms with Crippen molar-refractivity contribution in [2.24, 2.45) is 0 Å². The number of rotatable bonds is 7. The van der Waals surface area contributed by atoms with Crippen LogP contribution in [0, 0.1) is 0 Å². The van der Waals surface area contributed by atoms with Gasteiger partial charge >= 0.3 is 0 Å². The second-order valence-corrected chi connectivity index (χ2v) is 5.53. The summed E-state index contributed by atoms with van der Waals surface area (Å²) in [6.45, 7) is 6.54. The van der Waals surface area contributed by atoms with Gasteiger partial charge in [0, 0.05) is 25.8 Å². The summed E-state index contributed by atoms with van der Waals surface area (Å²) in [5, 5.41) is 2.99. The van der Waals surface area contributed by atoms with Crippen LogP contribution >= 0.6 is 0 Å². The highest BCUT2D eigenvalue weighted by Gasteiger charge is 2.30. The molecule has 1 aliphatic rings. The monoisotopic (exact) mass is 291 g/mol. The van der Waals surface area contributed by atoms with E-state index in [1.807, 2.05) is 19.1 Å². The number of aromatic nitrogens is 1. The fraction of sp³-hybridized carbons (Fsp3) is 0.625. The lowest BCUT2D eigenvalue weighted by molar-refractivity contribution is -0.125. The number of nitrogens with zero attached hydrogens (tertiary/aromatic N) is 2. The molecule has 1 aromatic heterocycles. The highest BCUT2D eigenvalue weighted by atomic mass is 16.5. The Hall–Kier alpha value is -1.62. The van der Waals surface area contributed by atoms with Crippen molar-refractivity contribution in [3.63, 3.8) is 0 Å². The highest BCUT2D eigenvalue weighted by Crippen LogP contribution is 2.19. The number of carbonyl (C=O) groups excluding carboxylic acids is 1. The van der Waals surface area contributed by atoms with Crippen molar-refractivity contribution in [2.75, 3.05) is 19.6 Å². The van der Waals surface area contributed by atoms with Crippen molar-refractivity contribution >= 4 is 5.91 Å². The van der Waals surface area contributed by atoms with Crippen LogP contribution in [0.1, 0.15) is 33.1 Å². The van der Waals surface area contributed by atoms with E-state index in [2.05, 4.69) is 22.1 Å². The number of hydrogen-bond donors (Lipinski definition) is 1. The lowest BCUT2D eigenvalue weighted by Gasteiger charge is -2.23. The van der Waals surface area contributed by atoms with Crippen LogP contribution in [0.25, 0.3) is 0 Å². The van der Waals surface area contributed by atoms with E-state index in [-0.39, 0.29) is 18.1 Å². The molecule has 0 bridgehead atoms. The largest absolute Gasteiger partial charge is 0.487 e. The van der Waals surface area contributed by atoms with Crippen molar-refractivity contribution in [1.29, 1.82) is 0 Å². The fourth-order valence-corrected chi connectivity index (χ4v) is 2.51. The lowest BCUT2D eigenvalue weighted by Crippen LogP contribution is -2.44. The third kappa shape index (κ3) is 4.70. The number of likely N-dealkylation sites (tertiary alicyclic amines) is 1. The van der Waals surface area contributed by atoms with Crippen LogP contribution in [-0.2, 0) is 4.79 Å². The predicted molar refractivity (Wildman–Crippen MR) is 82.2 cm³/mol. The molecule has 21 heavy (non-hydrogen) atoms. The smallest absolute Gasteiger partial charge is 0.237 e. The maximum Gasteiger partial charge on any atom is 0.237 e. The minimum absolute atomic E-state index is 0.0932. The van der Waals surface area contributed by atoms with E-state index in [0.29, 0.717) is 0 Å². The lowest BCUT2D eigenvalue weighted by atomic mass is 10.2. The van der Waals surface area contributed by atoms with Gasteiger partial charge in [-0.05, 0) is 31.9 Å². The van der Waals surface area contributed by atoms with Crippen LogP contribution in [0.3, 0.4) is 0 Å². The van der Waals surface area contributed by atoms with E-state index in [4.69, 9.17) is 4.74 Å². The summed E-state index contributed by atoms with van der Waals surface area (Å²) in [6.07, 6.45) is 6.67. The Balaban J connectivity index is 1.77. The zero-order chi connectivity index (χ0) is 15.1. The number of carbonyl (C=O) groups is 1. The summed E-state index contributed by atoms with van der Waals surface area (Å²) in [6, 6.07) is 3.69. The average Bonchev–Trinajstić information content (AvgIpc) is 2.96. The molecule has 1 aliphatic heterocycles. The van der Waals surface area contributed by atoms with E-state index < -0.39 is 0 Å². The Kier molecular flexibility index (Phi) is 5.99. The average molecular weight is 291 g/mol. The van der Waals surface area contributed by atoms with E-state index in [9.17, 15) is 4.79 Å². The predicted octanol–water partition coefficient (Wildman–Crippen LogP) is 1.84. The SMILES string of the molecule is CCCCNC(=O)[C@H](C)N1CC[C@H](Oc2cccnc2)C1. The molecule has 116 valence electrons. The first-order chi connectivity index (χ1) is 10.2. The molecule has 0 unspecified atom stereocenters. The summed E-state index contributed by atoms with van der Waals surface area (Å²) in [5.41, 5.74) is 0. The molecule has 1 N–H and O–H groups in total. The van der Waals surface area contributed by atoms with Gasteiger partial charge in [-0.3, -0.25) is 14.7 Å². The van der Waals surface area contributed by atoms with Crippen LogP contribution in [0.5, 0.6) is 5.75 Å². The van der Waals surface area contributed by atoms with E-state index >= 15 is 0 Å². The molecule has 0 saturated carbocycles. The second kappa shape index (κ2) is 7.98. The van der Waals surface area contributed by atoms with Gasteiger partial charge in [0.05, 0.1) is 12.2 Å². The fourth-order valence-electron chi connectivity index (χ4n) is 2.51. The van der Waals surface area contributed by atoms with Crippen LogP contribution in [0.15, 0.2) is 24.5 Å². The first-order valence-electron chi connectivity index (χ1n) is 7.79. The van der Waals surface area contributed by atoms with E-state index in [0.717, 1.165) is 44.6 Å². The minimum atomic E-state index is -0.0932. The molecule has 0 aromatic carbocycles. The maximum absolute atomic E-state index is 12.1. The van der Waals surface area contributed by atoms with Gasteiger partial charge < -0.3 is 10.1 Å². The number of hydrogen-bond acceptors (Lipinski definition) is 4. The molecular weight excluding hydrogens is 266 g/mol. The van der Waals surface area contributed by atoms with Gasteiger partial charge in [0.25, 0.3) is 0 Å². The van der Waals surface area contributed by atoms with E-state index in [1.54, 1.807) is 12.4 Å². The molecule has 1 amide bonds. The molecule has 1 saturated heterocycles. The molecule has 0 aliphatic carbocycles. The normalized spacial score (nSPS) is 20.2.